The Morgan fingerprint density at radius 1 is 1.19 bits per heavy atom. The molecule has 1 N–H and O–H groups in total. The first-order chi connectivity index (χ1) is 10.0. The molecule has 0 radical (unpaired) electrons. The van der Waals surface area contributed by atoms with Crippen molar-refractivity contribution in [1.29, 1.82) is 0 Å². The van der Waals surface area contributed by atoms with Gasteiger partial charge in [0, 0.05) is 10.7 Å². The third kappa shape index (κ3) is 2.67. The van der Waals surface area contributed by atoms with E-state index in [9.17, 15) is 5.11 Å². The molecule has 3 rings (SSSR count). The van der Waals surface area contributed by atoms with Crippen molar-refractivity contribution in [3.8, 4) is 28.7 Å². The molecular formula is C15H12BrN3O2. The summed E-state index contributed by atoms with van der Waals surface area (Å²) in [5.74, 6) is 0.745. The summed E-state index contributed by atoms with van der Waals surface area (Å²) in [5.41, 5.74) is 3.21. The molecule has 0 spiro atoms. The molecule has 6 heteroatoms. The monoisotopic (exact) mass is 345 g/mol. The Kier molecular flexibility index (Phi) is 3.47. The fraction of sp³-hybridized carbons (Fsp3) is 0.133. The SMILES string of the molecule is Cc1cnc(-c2noc(-c3ccc(Br)cc3O)n2)c(C)c1. The molecule has 1 aromatic carbocycles. The first kappa shape index (κ1) is 13.8. The second-order valence-corrected chi connectivity index (χ2v) is 5.68. The van der Waals surface area contributed by atoms with Crippen molar-refractivity contribution in [2.45, 2.75) is 13.8 Å². The van der Waals surface area contributed by atoms with Gasteiger partial charge < -0.3 is 9.63 Å². The number of pyridine rings is 1. The lowest BCUT2D eigenvalue weighted by Gasteiger charge is -2.00. The molecule has 0 bridgehead atoms. The van der Waals surface area contributed by atoms with Crippen molar-refractivity contribution in [1.82, 2.24) is 15.1 Å². The zero-order valence-corrected chi connectivity index (χ0v) is 13.0. The normalized spacial score (nSPS) is 10.8. The Labute approximate surface area is 129 Å². The lowest BCUT2D eigenvalue weighted by Crippen LogP contribution is -1.91. The van der Waals surface area contributed by atoms with Gasteiger partial charge >= 0.3 is 0 Å². The number of hydrogen-bond donors (Lipinski definition) is 1. The van der Waals surface area contributed by atoms with Crippen LogP contribution in [0.1, 0.15) is 11.1 Å². The quantitative estimate of drug-likeness (QED) is 0.762. The van der Waals surface area contributed by atoms with E-state index < -0.39 is 0 Å². The first-order valence-corrected chi connectivity index (χ1v) is 7.10. The lowest BCUT2D eigenvalue weighted by atomic mass is 10.1. The van der Waals surface area contributed by atoms with Gasteiger partial charge in [0.05, 0.1) is 5.56 Å². The van der Waals surface area contributed by atoms with E-state index in [2.05, 4.69) is 31.1 Å². The van der Waals surface area contributed by atoms with Crippen LogP contribution in [0.2, 0.25) is 0 Å². The van der Waals surface area contributed by atoms with Crippen LogP contribution >= 0.6 is 15.9 Å². The highest BCUT2D eigenvalue weighted by molar-refractivity contribution is 9.10. The molecule has 2 heterocycles. The molecular weight excluding hydrogens is 334 g/mol. The Morgan fingerprint density at radius 2 is 2.00 bits per heavy atom. The largest absolute Gasteiger partial charge is 0.507 e. The lowest BCUT2D eigenvalue weighted by molar-refractivity contribution is 0.425. The summed E-state index contributed by atoms with van der Waals surface area (Å²) in [6.07, 6.45) is 1.76. The zero-order chi connectivity index (χ0) is 15.0. The number of aromatic hydroxyl groups is 1. The number of phenolic OH excluding ortho intramolecular Hbond substituents is 1. The summed E-state index contributed by atoms with van der Waals surface area (Å²) < 4.78 is 6.01. The van der Waals surface area contributed by atoms with Crippen LogP contribution in [0.25, 0.3) is 23.0 Å². The van der Waals surface area contributed by atoms with E-state index in [-0.39, 0.29) is 11.6 Å². The zero-order valence-electron chi connectivity index (χ0n) is 11.5. The minimum Gasteiger partial charge on any atom is -0.507 e. The van der Waals surface area contributed by atoms with Crippen molar-refractivity contribution in [2.75, 3.05) is 0 Å². The Balaban J connectivity index is 2.03. The minimum absolute atomic E-state index is 0.0770. The topological polar surface area (TPSA) is 72.0 Å². The molecule has 0 aliphatic carbocycles. The fourth-order valence-corrected chi connectivity index (χ4v) is 2.41. The van der Waals surface area contributed by atoms with Gasteiger partial charge in [-0.3, -0.25) is 4.98 Å². The van der Waals surface area contributed by atoms with Gasteiger partial charge in [0.2, 0.25) is 5.82 Å². The third-order valence-electron chi connectivity index (χ3n) is 3.04. The molecule has 0 saturated carbocycles. The highest BCUT2D eigenvalue weighted by Crippen LogP contribution is 2.31. The van der Waals surface area contributed by atoms with Gasteiger partial charge in [-0.15, -0.1) is 0 Å². The number of aryl methyl sites for hydroxylation is 2. The molecule has 0 saturated heterocycles. The van der Waals surface area contributed by atoms with E-state index in [1.54, 1.807) is 24.4 Å². The van der Waals surface area contributed by atoms with Crippen LogP contribution in [0.5, 0.6) is 5.75 Å². The Morgan fingerprint density at radius 3 is 2.71 bits per heavy atom. The van der Waals surface area contributed by atoms with Gasteiger partial charge in [0.1, 0.15) is 11.4 Å². The van der Waals surface area contributed by atoms with Crippen molar-refractivity contribution < 1.29 is 9.63 Å². The summed E-state index contributed by atoms with van der Waals surface area (Å²) in [5, 5.41) is 13.9. The molecule has 0 fully saturated rings. The van der Waals surface area contributed by atoms with E-state index in [0.29, 0.717) is 17.1 Å². The van der Waals surface area contributed by atoms with E-state index in [1.807, 2.05) is 19.9 Å². The summed E-state index contributed by atoms with van der Waals surface area (Å²) in [7, 11) is 0. The van der Waals surface area contributed by atoms with E-state index >= 15 is 0 Å². The maximum absolute atomic E-state index is 9.94. The van der Waals surface area contributed by atoms with Gasteiger partial charge in [0.25, 0.3) is 5.89 Å². The van der Waals surface area contributed by atoms with Crippen LogP contribution in [-0.2, 0) is 0 Å². The Bertz CT molecular complexity index is 748. The van der Waals surface area contributed by atoms with Crippen LogP contribution < -0.4 is 0 Å². The molecule has 0 unspecified atom stereocenters. The molecule has 0 atom stereocenters. The molecule has 106 valence electrons. The smallest absolute Gasteiger partial charge is 0.262 e. The van der Waals surface area contributed by atoms with Crippen molar-refractivity contribution in [2.24, 2.45) is 0 Å². The highest BCUT2D eigenvalue weighted by atomic mass is 79.9. The molecule has 21 heavy (non-hydrogen) atoms. The first-order valence-electron chi connectivity index (χ1n) is 6.31. The number of phenols is 1. The average molecular weight is 346 g/mol. The second kappa shape index (κ2) is 5.29. The van der Waals surface area contributed by atoms with Crippen LogP contribution in [0.15, 0.2) is 39.5 Å². The average Bonchev–Trinajstić information content (AvgIpc) is 2.87. The van der Waals surface area contributed by atoms with Crippen LogP contribution in [0.4, 0.5) is 0 Å². The maximum Gasteiger partial charge on any atom is 0.262 e. The van der Waals surface area contributed by atoms with Crippen LogP contribution in [0, 0.1) is 13.8 Å². The predicted octanol–water partition coefficient (Wildman–Crippen LogP) is 3.88. The van der Waals surface area contributed by atoms with Crippen molar-refractivity contribution >= 4 is 15.9 Å². The summed E-state index contributed by atoms with van der Waals surface area (Å²) in [4.78, 5) is 8.65. The number of halogens is 1. The second-order valence-electron chi connectivity index (χ2n) is 4.76. The molecule has 0 aliphatic rings. The number of benzene rings is 1. The van der Waals surface area contributed by atoms with Crippen molar-refractivity contribution in [3.63, 3.8) is 0 Å². The minimum atomic E-state index is 0.0770. The molecule has 3 aromatic rings. The van der Waals surface area contributed by atoms with E-state index in [1.165, 1.54) is 0 Å². The molecule has 0 amide bonds. The van der Waals surface area contributed by atoms with E-state index in [4.69, 9.17) is 4.52 Å². The van der Waals surface area contributed by atoms with Gasteiger partial charge in [-0.2, -0.15) is 4.98 Å². The molecule has 5 nitrogen and oxygen atoms in total. The number of rotatable bonds is 2. The van der Waals surface area contributed by atoms with Gasteiger partial charge in [-0.1, -0.05) is 27.2 Å². The molecule has 2 aromatic heterocycles. The number of aromatic nitrogens is 3. The summed E-state index contributed by atoms with van der Waals surface area (Å²) in [6, 6.07) is 7.10. The van der Waals surface area contributed by atoms with Gasteiger partial charge in [-0.25, -0.2) is 0 Å². The van der Waals surface area contributed by atoms with Crippen LogP contribution in [0.3, 0.4) is 0 Å². The van der Waals surface area contributed by atoms with E-state index in [0.717, 1.165) is 15.6 Å². The summed E-state index contributed by atoms with van der Waals surface area (Å²) >= 11 is 3.29. The highest BCUT2D eigenvalue weighted by Gasteiger charge is 2.16. The van der Waals surface area contributed by atoms with Crippen LogP contribution in [-0.4, -0.2) is 20.2 Å². The maximum atomic E-state index is 9.94. The third-order valence-corrected chi connectivity index (χ3v) is 3.54. The van der Waals surface area contributed by atoms with Gasteiger partial charge in [-0.05, 0) is 43.2 Å². The number of hydrogen-bond acceptors (Lipinski definition) is 5. The van der Waals surface area contributed by atoms with Crippen molar-refractivity contribution in [3.05, 3.63) is 46.1 Å². The number of nitrogens with zero attached hydrogens (tertiary/aromatic N) is 3. The molecule has 0 aliphatic heterocycles. The summed E-state index contributed by atoms with van der Waals surface area (Å²) in [6.45, 7) is 3.92. The van der Waals surface area contributed by atoms with Gasteiger partial charge in [0.15, 0.2) is 0 Å². The fourth-order valence-electron chi connectivity index (χ4n) is 2.06. The predicted molar refractivity (Wildman–Crippen MR) is 81.8 cm³/mol. The standard InChI is InChI=1S/C15H12BrN3O2/c1-8-5-9(2)13(17-7-8)14-18-15(21-19-14)11-4-3-10(16)6-12(11)20/h3-7,20H,1-2H3. The Hall–Kier alpha value is -2.21.